The molecule has 7 nitrogen and oxygen atoms in total. The lowest BCUT2D eigenvalue weighted by molar-refractivity contribution is 0.240. The zero-order valence-electron chi connectivity index (χ0n) is 17.1. The first-order valence-electron chi connectivity index (χ1n) is 10.4. The van der Waals surface area contributed by atoms with Gasteiger partial charge in [-0.1, -0.05) is 35.5 Å². The lowest BCUT2D eigenvalue weighted by atomic mass is 10.1. The molecule has 0 unspecified atom stereocenters. The van der Waals surface area contributed by atoms with E-state index in [1.165, 1.54) is 11.1 Å². The van der Waals surface area contributed by atoms with Gasteiger partial charge in [-0.2, -0.15) is 10.2 Å². The number of nitrogens with zero attached hydrogens (tertiary/aromatic N) is 6. The summed E-state index contributed by atoms with van der Waals surface area (Å²) in [5, 5.41) is 14.3. The van der Waals surface area contributed by atoms with Gasteiger partial charge in [-0.3, -0.25) is 9.88 Å². The Labute approximate surface area is 180 Å². The number of fused-ring (bicyclic) bond motifs is 1. The number of rotatable bonds is 5. The lowest BCUT2D eigenvalue weighted by Gasteiger charge is -2.36. The number of piperazine rings is 1. The highest BCUT2D eigenvalue weighted by atomic mass is 16.5. The molecule has 0 amide bonds. The maximum atomic E-state index is 8.90. The third-order valence-electron chi connectivity index (χ3n) is 5.65. The van der Waals surface area contributed by atoms with Crippen LogP contribution >= 0.6 is 0 Å². The first-order chi connectivity index (χ1) is 15.3. The average molecular weight is 410 g/mol. The molecule has 154 valence electrons. The molecule has 0 saturated carbocycles. The van der Waals surface area contributed by atoms with Gasteiger partial charge in [-0.15, -0.1) is 0 Å². The Kier molecular flexibility index (Phi) is 5.29. The van der Waals surface area contributed by atoms with E-state index >= 15 is 0 Å². The van der Waals surface area contributed by atoms with Crippen molar-refractivity contribution in [3.05, 3.63) is 83.6 Å². The third kappa shape index (κ3) is 4.25. The molecule has 5 rings (SSSR count). The van der Waals surface area contributed by atoms with E-state index in [0.717, 1.165) is 37.3 Å². The Morgan fingerprint density at radius 3 is 2.58 bits per heavy atom. The molecule has 1 aliphatic heterocycles. The highest BCUT2D eigenvalue weighted by Gasteiger charge is 2.20. The minimum Gasteiger partial charge on any atom is -0.368 e. The van der Waals surface area contributed by atoms with Crippen LogP contribution in [0.4, 0.5) is 5.69 Å². The van der Waals surface area contributed by atoms with Crippen LogP contribution in [0.1, 0.15) is 22.8 Å². The summed E-state index contributed by atoms with van der Waals surface area (Å²) in [6, 6.07) is 20.0. The monoisotopic (exact) mass is 410 g/mol. The maximum Gasteiger partial charge on any atom is 0.231 e. The number of benzene rings is 2. The van der Waals surface area contributed by atoms with Crippen molar-refractivity contribution in [2.24, 2.45) is 0 Å². The van der Waals surface area contributed by atoms with Gasteiger partial charge in [0.1, 0.15) is 0 Å². The van der Waals surface area contributed by atoms with E-state index in [1.54, 1.807) is 12.1 Å². The van der Waals surface area contributed by atoms with Crippen LogP contribution in [-0.2, 0) is 13.0 Å². The fraction of sp³-hybridized carbons (Fsp3) is 0.250. The van der Waals surface area contributed by atoms with Gasteiger partial charge in [0.15, 0.2) is 5.82 Å². The molecule has 0 atom stereocenters. The van der Waals surface area contributed by atoms with Crippen LogP contribution in [0.3, 0.4) is 0 Å². The van der Waals surface area contributed by atoms with Crippen molar-refractivity contribution in [1.29, 1.82) is 5.26 Å². The largest absolute Gasteiger partial charge is 0.368 e. The van der Waals surface area contributed by atoms with Gasteiger partial charge in [0.25, 0.3) is 0 Å². The topological polar surface area (TPSA) is 82.1 Å². The molecule has 0 N–H and O–H groups in total. The van der Waals surface area contributed by atoms with Crippen molar-refractivity contribution in [3.63, 3.8) is 0 Å². The second-order valence-corrected chi connectivity index (χ2v) is 7.70. The Bertz CT molecular complexity index is 1210. The molecule has 2 aromatic heterocycles. The van der Waals surface area contributed by atoms with Crippen LogP contribution in [0.2, 0.25) is 0 Å². The van der Waals surface area contributed by atoms with Crippen LogP contribution in [-0.4, -0.2) is 46.2 Å². The second-order valence-electron chi connectivity index (χ2n) is 7.70. The predicted octanol–water partition coefficient (Wildman–Crippen LogP) is 3.40. The summed E-state index contributed by atoms with van der Waals surface area (Å²) in [5.41, 5.74) is 3.97. The van der Waals surface area contributed by atoms with Crippen LogP contribution in [0, 0.1) is 11.3 Å². The number of hydrogen-bond donors (Lipinski definition) is 0. The highest BCUT2D eigenvalue weighted by Crippen LogP contribution is 2.26. The molecular weight excluding hydrogens is 388 g/mol. The van der Waals surface area contributed by atoms with Gasteiger partial charge in [0.2, 0.25) is 5.89 Å². The Morgan fingerprint density at radius 1 is 0.968 bits per heavy atom. The fourth-order valence-electron chi connectivity index (χ4n) is 4.00. The van der Waals surface area contributed by atoms with Gasteiger partial charge in [-0.25, -0.2) is 0 Å². The van der Waals surface area contributed by atoms with Crippen molar-refractivity contribution < 1.29 is 4.52 Å². The smallest absolute Gasteiger partial charge is 0.231 e. The molecule has 1 fully saturated rings. The number of aromatic nitrogens is 3. The Morgan fingerprint density at radius 2 is 1.77 bits per heavy atom. The summed E-state index contributed by atoms with van der Waals surface area (Å²) in [4.78, 5) is 13.8. The van der Waals surface area contributed by atoms with Gasteiger partial charge in [0.05, 0.1) is 30.1 Å². The maximum absolute atomic E-state index is 8.90. The quantitative estimate of drug-likeness (QED) is 0.499. The normalized spacial score (nSPS) is 14.6. The third-order valence-corrected chi connectivity index (χ3v) is 5.65. The zero-order chi connectivity index (χ0) is 21.0. The Hall–Kier alpha value is -3.76. The molecule has 1 aliphatic rings. The fourth-order valence-corrected chi connectivity index (χ4v) is 4.00. The van der Waals surface area contributed by atoms with Gasteiger partial charge in [0, 0.05) is 43.4 Å². The van der Waals surface area contributed by atoms with Crippen molar-refractivity contribution in [2.75, 3.05) is 31.1 Å². The molecule has 0 spiro atoms. The lowest BCUT2D eigenvalue weighted by Crippen LogP contribution is -2.46. The molecular formula is C24H22N6O. The van der Waals surface area contributed by atoms with E-state index in [2.05, 4.69) is 55.3 Å². The van der Waals surface area contributed by atoms with Crippen molar-refractivity contribution in [2.45, 2.75) is 13.0 Å². The molecule has 0 radical (unpaired) electrons. The van der Waals surface area contributed by atoms with Gasteiger partial charge in [-0.05, 0) is 29.8 Å². The van der Waals surface area contributed by atoms with E-state index in [-0.39, 0.29) is 0 Å². The van der Waals surface area contributed by atoms with Crippen molar-refractivity contribution >= 4 is 16.6 Å². The first-order valence-corrected chi connectivity index (χ1v) is 10.4. The first kappa shape index (κ1) is 19.2. The van der Waals surface area contributed by atoms with Crippen molar-refractivity contribution in [3.8, 4) is 6.07 Å². The van der Waals surface area contributed by atoms with Gasteiger partial charge >= 0.3 is 0 Å². The molecule has 0 aliphatic carbocycles. The second kappa shape index (κ2) is 8.54. The molecule has 31 heavy (non-hydrogen) atoms. The molecule has 0 bridgehead atoms. The standard InChI is InChI=1S/C24H22N6O/c25-16-19-7-5-18(6-8-19)15-24-27-23(28-31-24)17-29-11-13-30(14-12-29)22-9-10-26-21-4-2-1-3-20(21)22/h1-10H,11-15,17H2. The number of anilines is 1. The number of nitriles is 1. The van der Waals surface area contributed by atoms with Crippen molar-refractivity contribution in [1.82, 2.24) is 20.0 Å². The summed E-state index contributed by atoms with van der Waals surface area (Å²) in [7, 11) is 0. The Balaban J connectivity index is 1.19. The summed E-state index contributed by atoms with van der Waals surface area (Å²) < 4.78 is 5.44. The minimum atomic E-state index is 0.571. The summed E-state index contributed by atoms with van der Waals surface area (Å²) in [6.45, 7) is 4.46. The molecule has 2 aromatic carbocycles. The zero-order valence-corrected chi connectivity index (χ0v) is 17.1. The van der Waals surface area contributed by atoms with Gasteiger partial charge < -0.3 is 9.42 Å². The SMILES string of the molecule is N#Cc1ccc(Cc2nc(CN3CCN(c4ccnc5ccccc45)CC3)no2)cc1. The molecule has 3 heterocycles. The summed E-state index contributed by atoms with van der Waals surface area (Å²) in [5.74, 6) is 1.31. The van der Waals surface area contributed by atoms with Crippen LogP contribution < -0.4 is 4.90 Å². The predicted molar refractivity (Wildman–Crippen MR) is 117 cm³/mol. The summed E-state index contributed by atoms with van der Waals surface area (Å²) >= 11 is 0. The van der Waals surface area contributed by atoms with Crippen LogP contribution in [0.5, 0.6) is 0 Å². The molecule has 7 heteroatoms. The molecule has 4 aromatic rings. The minimum absolute atomic E-state index is 0.571. The number of hydrogen-bond acceptors (Lipinski definition) is 7. The van der Waals surface area contributed by atoms with E-state index < -0.39 is 0 Å². The van der Waals surface area contributed by atoms with Crippen LogP contribution in [0.15, 0.2) is 65.3 Å². The van der Waals surface area contributed by atoms with E-state index in [1.807, 2.05) is 24.4 Å². The van der Waals surface area contributed by atoms with E-state index in [0.29, 0.717) is 30.2 Å². The molecule has 1 saturated heterocycles. The summed E-state index contributed by atoms with van der Waals surface area (Å²) in [6.07, 6.45) is 2.46. The number of para-hydroxylation sites is 1. The van der Waals surface area contributed by atoms with E-state index in [9.17, 15) is 0 Å². The highest BCUT2D eigenvalue weighted by molar-refractivity contribution is 5.91. The number of pyridine rings is 1. The average Bonchev–Trinajstić information content (AvgIpc) is 3.26. The van der Waals surface area contributed by atoms with Crippen LogP contribution in [0.25, 0.3) is 10.9 Å². The van der Waals surface area contributed by atoms with E-state index in [4.69, 9.17) is 9.78 Å².